The van der Waals surface area contributed by atoms with Crippen LogP contribution >= 0.6 is 0 Å². The maximum Gasteiger partial charge on any atom is 0.338 e. The maximum absolute atomic E-state index is 13.0. The molecule has 0 radical (unpaired) electrons. The molecule has 0 amide bonds. The van der Waals surface area contributed by atoms with E-state index in [2.05, 4.69) is 20.8 Å². The molecule has 0 aliphatic carbocycles. The molecule has 1 fully saturated rings. The van der Waals surface area contributed by atoms with Gasteiger partial charge in [-0.25, -0.2) is 9.59 Å². The van der Waals surface area contributed by atoms with Gasteiger partial charge in [-0.15, -0.1) is 0 Å². The molecule has 1 N–H and O–H groups in total. The number of esters is 2. The van der Waals surface area contributed by atoms with E-state index in [1.54, 1.807) is 60.7 Å². The van der Waals surface area contributed by atoms with Crippen molar-refractivity contribution >= 4 is 20.3 Å². The molecule has 0 unspecified atom stereocenters. The molecule has 196 valence electrons. The van der Waals surface area contributed by atoms with Crippen LogP contribution in [-0.2, 0) is 23.4 Å². The molecule has 0 aromatic heterocycles. The molecule has 0 spiro atoms. The summed E-state index contributed by atoms with van der Waals surface area (Å²) in [5.74, 6) is -1.19. The zero-order valence-corrected chi connectivity index (χ0v) is 22.7. The van der Waals surface area contributed by atoms with Crippen LogP contribution < -0.4 is 0 Å². The minimum Gasteiger partial charge on any atom is -0.453 e. The number of benzene rings is 2. The SMILES string of the molecule is CO[C@H]1O[C@H](CO)[C@@H](OC(=O)c2ccccc2)[C@H](O[Si](C)(C)C(C)(C)C)[C@@H]1OC(=O)c1ccccc1. The van der Waals surface area contributed by atoms with Crippen molar-refractivity contribution in [2.75, 3.05) is 13.7 Å². The molecule has 1 aliphatic rings. The molecule has 0 saturated carbocycles. The van der Waals surface area contributed by atoms with Crippen LogP contribution in [0.15, 0.2) is 60.7 Å². The quantitative estimate of drug-likeness (QED) is 0.412. The predicted octanol–water partition coefficient (Wildman–Crippen LogP) is 4.19. The minimum absolute atomic E-state index is 0.204. The Morgan fingerprint density at radius 3 is 1.75 bits per heavy atom. The number of carbonyl (C=O) groups excluding carboxylic acids is 2. The van der Waals surface area contributed by atoms with Gasteiger partial charge in [0.25, 0.3) is 0 Å². The number of rotatable bonds is 8. The molecule has 1 saturated heterocycles. The average Bonchev–Trinajstić information content (AvgIpc) is 2.86. The van der Waals surface area contributed by atoms with Crippen molar-refractivity contribution in [3.63, 3.8) is 0 Å². The highest BCUT2D eigenvalue weighted by Crippen LogP contribution is 2.40. The Hall–Kier alpha value is -2.56. The lowest BCUT2D eigenvalue weighted by Crippen LogP contribution is -2.65. The normalized spacial score (nSPS) is 24.7. The Balaban J connectivity index is 2.01. The molecule has 0 bridgehead atoms. The first-order chi connectivity index (χ1) is 17.0. The Morgan fingerprint density at radius 1 is 0.861 bits per heavy atom. The van der Waals surface area contributed by atoms with Crippen molar-refractivity contribution in [3.05, 3.63) is 71.8 Å². The highest BCUT2D eigenvalue weighted by Gasteiger charge is 2.54. The summed E-state index contributed by atoms with van der Waals surface area (Å²) in [5.41, 5.74) is 0.688. The van der Waals surface area contributed by atoms with Crippen molar-refractivity contribution in [3.8, 4) is 0 Å². The van der Waals surface area contributed by atoms with Gasteiger partial charge in [0.05, 0.1) is 17.7 Å². The topological polar surface area (TPSA) is 101 Å². The first kappa shape index (κ1) is 28.0. The number of methoxy groups -OCH3 is 1. The van der Waals surface area contributed by atoms with E-state index >= 15 is 0 Å². The molecule has 36 heavy (non-hydrogen) atoms. The molecule has 8 nitrogen and oxygen atoms in total. The summed E-state index contributed by atoms with van der Waals surface area (Å²) < 4.78 is 30.0. The highest BCUT2D eigenvalue weighted by molar-refractivity contribution is 6.74. The number of hydrogen-bond donors (Lipinski definition) is 1. The number of ether oxygens (including phenoxy) is 4. The Labute approximate surface area is 213 Å². The lowest BCUT2D eigenvalue weighted by atomic mass is 9.98. The summed E-state index contributed by atoms with van der Waals surface area (Å²) in [6.07, 6.45) is -5.06. The van der Waals surface area contributed by atoms with Crippen molar-refractivity contribution in [1.82, 2.24) is 0 Å². The second-order valence-electron chi connectivity index (χ2n) is 10.3. The van der Waals surface area contributed by atoms with Gasteiger partial charge >= 0.3 is 11.9 Å². The molecule has 2 aromatic carbocycles. The van der Waals surface area contributed by atoms with E-state index in [1.807, 2.05) is 13.1 Å². The van der Waals surface area contributed by atoms with Gasteiger partial charge in [0.15, 0.2) is 26.8 Å². The average molecular weight is 517 g/mol. The van der Waals surface area contributed by atoms with Crippen LogP contribution in [0.2, 0.25) is 18.1 Å². The van der Waals surface area contributed by atoms with Gasteiger partial charge in [-0.1, -0.05) is 57.2 Å². The van der Waals surface area contributed by atoms with Gasteiger partial charge in [-0.2, -0.15) is 0 Å². The zero-order chi connectivity index (χ0) is 26.5. The van der Waals surface area contributed by atoms with Crippen LogP contribution in [0.4, 0.5) is 0 Å². The van der Waals surface area contributed by atoms with E-state index < -0.39 is 57.6 Å². The minimum atomic E-state index is -2.50. The molecule has 2 aromatic rings. The van der Waals surface area contributed by atoms with Crippen LogP contribution in [0.5, 0.6) is 0 Å². The van der Waals surface area contributed by atoms with Crippen molar-refractivity contribution in [1.29, 1.82) is 0 Å². The fourth-order valence-corrected chi connectivity index (χ4v) is 4.97. The van der Waals surface area contributed by atoms with E-state index in [0.29, 0.717) is 11.1 Å². The molecule has 9 heteroatoms. The summed E-state index contributed by atoms with van der Waals surface area (Å²) in [6, 6.07) is 17.1. The second kappa shape index (κ2) is 11.7. The Bertz CT molecular complexity index is 938. The third-order valence-electron chi connectivity index (χ3n) is 6.75. The number of carbonyl (C=O) groups is 2. The molecule has 3 rings (SSSR count). The number of aliphatic hydroxyl groups excluding tert-OH is 1. The third kappa shape index (κ3) is 6.40. The monoisotopic (exact) mass is 516 g/mol. The number of aliphatic hydroxyl groups is 1. The summed E-state index contributed by atoms with van der Waals surface area (Å²) in [7, 11) is -1.08. The van der Waals surface area contributed by atoms with E-state index in [-0.39, 0.29) is 5.04 Å². The molecular weight excluding hydrogens is 480 g/mol. The van der Waals surface area contributed by atoms with E-state index in [9.17, 15) is 14.7 Å². The highest BCUT2D eigenvalue weighted by atomic mass is 28.4. The first-order valence-electron chi connectivity index (χ1n) is 12.0. The Kier molecular flexibility index (Phi) is 9.07. The molecule has 1 heterocycles. The van der Waals surface area contributed by atoms with Crippen LogP contribution in [0.3, 0.4) is 0 Å². The lowest BCUT2D eigenvalue weighted by molar-refractivity contribution is -0.290. The van der Waals surface area contributed by atoms with Crippen LogP contribution in [0.1, 0.15) is 41.5 Å². The van der Waals surface area contributed by atoms with Gasteiger partial charge in [-0.05, 0) is 42.4 Å². The van der Waals surface area contributed by atoms with Gasteiger partial charge in [0.2, 0.25) is 0 Å². The van der Waals surface area contributed by atoms with Gasteiger partial charge in [0.1, 0.15) is 12.2 Å². The largest absolute Gasteiger partial charge is 0.453 e. The summed E-state index contributed by atoms with van der Waals surface area (Å²) in [5, 5.41) is 9.95. The third-order valence-corrected chi connectivity index (χ3v) is 11.2. The standard InChI is InChI=1S/C27H36O8Si/c1-27(2,3)36(5,6)35-22-21(33-24(29)18-13-9-7-10-14-18)20(17-28)32-26(31-4)23(22)34-25(30)19-15-11-8-12-16-19/h7-16,20-23,26,28H,17H2,1-6H3/t20-,21-,22+,23+,26+/m1/s1. The fourth-order valence-electron chi connectivity index (χ4n) is 3.67. The summed E-state index contributed by atoms with van der Waals surface area (Å²) >= 11 is 0. The van der Waals surface area contributed by atoms with Crippen molar-refractivity contribution in [2.45, 2.75) is 69.6 Å². The fraction of sp³-hybridized carbons (Fsp3) is 0.481. The van der Waals surface area contributed by atoms with Crippen molar-refractivity contribution in [2.24, 2.45) is 0 Å². The van der Waals surface area contributed by atoms with Crippen LogP contribution in [0, 0.1) is 0 Å². The number of hydrogen-bond acceptors (Lipinski definition) is 8. The molecule has 5 atom stereocenters. The van der Waals surface area contributed by atoms with Crippen molar-refractivity contribution < 1.29 is 38.1 Å². The van der Waals surface area contributed by atoms with Gasteiger partial charge in [-0.3, -0.25) is 0 Å². The van der Waals surface area contributed by atoms with E-state index in [0.717, 1.165) is 0 Å². The zero-order valence-electron chi connectivity index (χ0n) is 21.7. The Morgan fingerprint density at radius 2 is 1.33 bits per heavy atom. The van der Waals surface area contributed by atoms with Gasteiger partial charge in [0, 0.05) is 7.11 Å². The molecular formula is C27H36O8Si. The summed E-state index contributed by atoms with van der Waals surface area (Å²) in [4.78, 5) is 26.1. The summed E-state index contributed by atoms with van der Waals surface area (Å²) in [6.45, 7) is 9.86. The smallest absolute Gasteiger partial charge is 0.338 e. The van der Waals surface area contributed by atoms with E-state index in [4.69, 9.17) is 23.4 Å². The van der Waals surface area contributed by atoms with Gasteiger partial charge < -0.3 is 28.5 Å². The second-order valence-corrected chi connectivity index (χ2v) is 15.0. The predicted molar refractivity (Wildman–Crippen MR) is 136 cm³/mol. The van der Waals surface area contributed by atoms with Crippen LogP contribution in [-0.4, -0.2) is 69.8 Å². The lowest BCUT2D eigenvalue weighted by Gasteiger charge is -2.48. The molecule has 1 aliphatic heterocycles. The maximum atomic E-state index is 13.0. The first-order valence-corrected chi connectivity index (χ1v) is 14.9. The van der Waals surface area contributed by atoms with Crippen LogP contribution in [0.25, 0.3) is 0 Å². The van der Waals surface area contributed by atoms with E-state index in [1.165, 1.54) is 7.11 Å².